The third kappa shape index (κ3) is 12.3. The molecule has 1 rings (SSSR count). The number of carbonyl (C=O) groups is 4. The van der Waals surface area contributed by atoms with Gasteiger partial charge in [0.15, 0.2) is 5.96 Å². The zero-order valence-electron chi connectivity index (χ0n) is 21.6. The zero-order chi connectivity index (χ0) is 28.7. The van der Waals surface area contributed by atoms with Gasteiger partial charge in [-0.15, -0.1) is 0 Å². The van der Waals surface area contributed by atoms with E-state index in [9.17, 15) is 29.4 Å². The van der Waals surface area contributed by atoms with Crippen LogP contribution < -0.4 is 33.2 Å². The molecular formula is C24H39N7O6S. The molecule has 14 heteroatoms. The summed E-state index contributed by atoms with van der Waals surface area (Å²) >= 11 is 1.51. The number of nitrogens with one attached hydrogen (secondary N) is 3. The van der Waals surface area contributed by atoms with Gasteiger partial charge in [-0.05, 0) is 43.8 Å². The van der Waals surface area contributed by atoms with Crippen LogP contribution in [0.15, 0.2) is 35.3 Å². The number of rotatable bonds is 17. The first-order chi connectivity index (χ1) is 18.0. The predicted octanol–water partition coefficient (Wildman–Crippen LogP) is -1.72. The van der Waals surface area contributed by atoms with Crippen LogP contribution in [-0.4, -0.2) is 88.7 Å². The summed E-state index contributed by atoms with van der Waals surface area (Å²) in [6.45, 7) is 1.47. The van der Waals surface area contributed by atoms with Gasteiger partial charge < -0.3 is 43.4 Å². The van der Waals surface area contributed by atoms with Gasteiger partial charge in [0, 0.05) is 13.0 Å². The van der Waals surface area contributed by atoms with Gasteiger partial charge in [0.05, 0.1) is 12.1 Å². The molecule has 0 fully saturated rings. The summed E-state index contributed by atoms with van der Waals surface area (Å²) in [4.78, 5) is 54.3. The summed E-state index contributed by atoms with van der Waals surface area (Å²) in [5, 5.41) is 27.2. The number of carbonyl (C=O) groups excluding carboxylic acids is 3. The fourth-order valence-electron chi connectivity index (χ4n) is 3.40. The molecule has 0 radical (unpaired) electrons. The van der Waals surface area contributed by atoms with Crippen molar-refractivity contribution in [2.75, 3.05) is 18.6 Å². The number of carboxylic acids is 1. The fraction of sp³-hybridized carbons (Fsp3) is 0.542. The van der Waals surface area contributed by atoms with Gasteiger partial charge in [0.2, 0.25) is 17.7 Å². The summed E-state index contributed by atoms with van der Waals surface area (Å²) in [6.07, 6.45) is 1.29. The second-order valence-corrected chi connectivity index (χ2v) is 9.70. The van der Waals surface area contributed by atoms with Crippen molar-refractivity contribution in [3.63, 3.8) is 0 Å². The number of aliphatic imine (C=N–C) groups is 1. The van der Waals surface area contributed by atoms with Gasteiger partial charge >= 0.3 is 5.97 Å². The molecule has 5 atom stereocenters. The molecule has 0 saturated heterocycles. The van der Waals surface area contributed by atoms with Crippen molar-refractivity contribution < 1.29 is 29.4 Å². The molecule has 3 amide bonds. The maximum absolute atomic E-state index is 13.1. The van der Waals surface area contributed by atoms with Crippen LogP contribution in [0, 0.1) is 0 Å². The smallest absolute Gasteiger partial charge is 0.326 e. The van der Waals surface area contributed by atoms with E-state index in [2.05, 4.69) is 20.9 Å². The number of aliphatic hydroxyl groups is 1. The van der Waals surface area contributed by atoms with E-state index in [4.69, 9.17) is 17.2 Å². The summed E-state index contributed by atoms with van der Waals surface area (Å²) in [6, 6.07) is 4.02. The molecule has 212 valence electrons. The van der Waals surface area contributed by atoms with Crippen LogP contribution >= 0.6 is 11.8 Å². The number of nitrogens with zero attached hydrogens (tertiary/aromatic N) is 1. The normalized spacial score (nSPS) is 14.7. The van der Waals surface area contributed by atoms with Crippen LogP contribution in [0.25, 0.3) is 0 Å². The lowest BCUT2D eigenvalue weighted by molar-refractivity contribution is -0.142. The van der Waals surface area contributed by atoms with Crippen molar-refractivity contribution in [2.24, 2.45) is 22.2 Å². The summed E-state index contributed by atoms with van der Waals surface area (Å²) in [5.74, 6) is -2.96. The number of carboxylic acid groups (broad SMARTS) is 1. The van der Waals surface area contributed by atoms with Crippen LogP contribution in [0.2, 0.25) is 0 Å². The van der Waals surface area contributed by atoms with Crippen LogP contribution in [0.3, 0.4) is 0 Å². The number of amides is 3. The quantitative estimate of drug-likeness (QED) is 0.0617. The molecule has 0 bridgehead atoms. The Kier molecular flexibility index (Phi) is 14.8. The standard InChI is InChI=1S/C24H39N7O6S/c1-14(32)19(31-20(33)16(25)10-12-38-2)22(35)29-17(9-6-11-28-24(26)27)21(34)30-18(23(36)37)13-15-7-4-3-5-8-15/h3-5,7-8,14,16-19,32H,6,9-13,25H2,1-2H3,(H,29,35)(H,30,34)(H,31,33)(H,36,37)(H4,26,27,28). The summed E-state index contributed by atoms with van der Waals surface area (Å²) < 4.78 is 0. The van der Waals surface area contributed by atoms with E-state index in [-0.39, 0.29) is 31.8 Å². The third-order valence-electron chi connectivity index (χ3n) is 5.51. The lowest BCUT2D eigenvalue weighted by Gasteiger charge is -2.26. The third-order valence-corrected chi connectivity index (χ3v) is 6.15. The Bertz CT molecular complexity index is 943. The number of thioether (sulfide) groups is 1. The first kappa shape index (κ1) is 32.7. The van der Waals surface area contributed by atoms with E-state index in [0.29, 0.717) is 17.7 Å². The molecule has 0 spiro atoms. The van der Waals surface area contributed by atoms with Crippen LogP contribution in [0.1, 0.15) is 31.7 Å². The number of guanidine groups is 1. The van der Waals surface area contributed by atoms with Crippen molar-refractivity contribution in [1.82, 2.24) is 16.0 Å². The van der Waals surface area contributed by atoms with Crippen molar-refractivity contribution in [3.8, 4) is 0 Å². The highest BCUT2D eigenvalue weighted by Crippen LogP contribution is 2.07. The molecule has 0 saturated carbocycles. The molecule has 0 aromatic heterocycles. The second-order valence-electron chi connectivity index (χ2n) is 8.71. The van der Waals surface area contributed by atoms with Crippen molar-refractivity contribution >= 4 is 41.4 Å². The molecule has 38 heavy (non-hydrogen) atoms. The first-order valence-corrected chi connectivity index (χ1v) is 13.5. The molecule has 0 aliphatic rings. The largest absolute Gasteiger partial charge is 0.480 e. The van der Waals surface area contributed by atoms with Crippen LogP contribution in [-0.2, 0) is 25.6 Å². The molecule has 13 nitrogen and oxygen atoms in total. The van der Waals surface area contributed by atoms with E-state index in [1.165, 1.54) is 18.7 Å². The average molecular weight is 554 g/mol. The molecule has 0 aliphatic carbocycles. The minimum atomic E-state index is -1.39. The first-order valence-electron chi connectivity index (χ1n) is 12.1. The maximum Gasteiger partial charge on any atom is 0.326 e. The Hall–Kier alpha value is -3.36. The van der Waals surface area contributed by atoms with Gasteiger partial charge in [0.1, 0.15) is 18.1 Å². The Morgan fingerprint density at radius 1 is 0.974 bits per heavy atom. The molecule has 0 aliphatic heterocycles. The minimum absolute atomic E-state index is 0.0247. The fourth-order valence-corrected chi connectivity index (χ4v) is 3.89. The monoisotopic (exact) mass is 553 g/mol. The maximum atomic E-state index is 13.1. The summed E-state index contributed by atoms with van der Waals surface area (Å²) in [5.41, 5.74) is 17.2. The second kappa shape index (κ2) is 17.2. The molecule has 11 N–H and O–H groups in total. The Morgan fingerprint density at radius 3 is 2.16 bits per heavy atom. The highest BCUT2D eigenvalue weighted by atomic mass is 32.2. The molecule has 5 unspecified atom stereocenters. The Balaban J connectivity index is 3.02. The SMILES string of the molecule is CSCCC(N)C(=O)NC(C(=O)NC(CCCN=C(N)N)C(=O)NC(Cc1ccccc1)C(=O)O)C(C)O. The Morgan fingerprint density at radius 2 is 1.61 bits per heavy atom. The molecule has 0 heterocycles. The van der Waals surface area contributed by atoms with Crippen LogP contribution in [0.5, 0.6) is 0 Å². The van der Waals surface area contributed by atoms with Crippen LogP contribution in [0.4, 0.5) is 0 Å². The molecule has 1 aromatic carbocycles. The lowest BCUT2D eigenvalue weighted by atomic mass is 10.0. The predicted molar refractivity (Wildman–Crippen MR) is 146 cm³/mol. The molecule has 1 aromatic rings. The summed E-state index contributed by atoms with van der Waals surface area (Å²) in [7, 11) is 0. The van der Waals surface area contributed by atoms with E-state index in [1.54, 1.807) is 30.3 Å². The van der Waals surface area contributed by atoms with E-state index >= 15 is 0 Å². The van der Waals surface area contributed by atoms with E-state index < -0.39 is 54.0 Å². The van der Waals surface area contributed by atoms with Crippen molar-refractivity contribution in [1.29, 1.82) is 0 Å². The van der Waals surface area contributed by atoms with Gasteiger partial charge in [-0.2, -0.15) is 11.8 Å². The number of hydrogen-bond acceptors (Lipinski definition) is 8. The lowest BCUT2D eigenvalue weighted by Crippen LogP contribution is -2.59. The molecular weight excluding hydrogens is 514 g/mol. The topological polar surface area (TPSA) is 235 Å². The number of hydrogen-bond donors (Lipinski definition) is 8. The number of nitrogens with two attached hydrogens (primary N) is 3. The number of benzene rings is 1. The number of aliphatic carboxylic acids is 1. The van der Waals surface area contributed by atoms with E-state index in [1.807, 2.05) is 6.26 Å². The minimum Gasteiger partial charge on any atom is -0.480 e. The Labute approximate surface area is 226 Å². The highest BCUT2D eigenvalue weighted by molar-refractivity contribution is 7.98. The van der Waals surface area contributed by atoms with Gasteiger partial charge in [-0.1, -0.05) is 30.3 Å². The average Bonchev–Trinajstić information content (AvgIpc) is 2.86. The van der Waals surface area contributed by atoms with Gasteiger partial charge in [-0.25, -0.2) is 4.79 Å². The van der Waals surface area contributed by atoms with Gasteiger partial charge in [-0.3, -0.25) is 19.4 Å². The number of aliphatic hydroxyl groups excluding tert-OH is 1. The van der Waals surface area contributed by atoms with Crippen molar-refractivity contribution in [3.05, 3.63) is 35.9 Å². The van der Waals surface area contributed by atoms with Crippen molar-refractivity contribution in [2.45, 2.75) is 62.9 Å². The zero-order valence-corrected chi connectivity index (χ0v) is 22.4. The van der Waals surface area contributed by atoms with Gasteiger partial charge in [0.25, 0.3) is 0 Å². The highest BCUT2D eigenvalue weighted by Gasteiger charge is 2.32. The van der Waals surface area contributed by atoms with E-state index in [0.717, 1.165) is 0 Å².